The maximum absolute atomic E-state index is 12.8. The molecule has 4 rings (SSSR count). The van der Waals surface area contributed by atoms with E-state index >= 15 is 0 Å². The summed E-state index contributed by atoms with van der Waals surface area (Å²) in [6, 6.07) is 10.7. The second kappa shape index (κ2) is 7.98. The fraction of sp³-hybridized carbons (Fsp3) is 0.238. The molecule has 3 aromatic rings. The largest absolute Gasteiger partial charge is 0.416 e. The second-order valence-electron chi connectivity index (χ2n) is 7.06. The van der Waals surface area contributed by atoms with E-state index in [4.69, 9.17) is 5.73 Å². The summed E-state index contributed by atoms with van der Waals surface area (Å²) in [7, 11) is 0. The van der Waals surface area contributed by atoms with Crippen LogP contribution in [0.4, 0.5) is 29.7 Å². The summed E-state index contributed by atoms with van der Waals surface area (Å²) in [6.45, 7) is 1.05. The van der Waals surface area contributed by atoms with Crippen LogP contribution in [0.3, 0.4) is 0 Å². The van der Waals surface area contributed by atoms with Crippen molar-refractivity contribution in [3.8, 4) is 0 Å². The van der Waals surface area contributed by atoms with Crippen molar-refractivity contribution in [3.63, 3.8) is 0 Å². The van der Waals surface area contributed by atoms with Crippen molar-refractivity contribution in [1.29, 1.82) is 0 Å². The number of halogens is 3. The number of alkyl halides is 3. The van der Waals surface area contributed by atoms with Crippen molar-refractivity contribution in [1.82, 2.24) is 9.88 Å². The topological polar surface area (TPSA) is 71.2 Å². The van der Waals surface area contributed by atoms with Crippen molar-refractivity contribution in [3.05, 3.63) is 70.2 Å². The second-order valence-corrected chi connectivity index (χ2v) is 7.95. The highest BCUT2D eigenvalue weighted by atomic mass is 32.1. The number of fused-ring (bicyclic) bond motifs is 1. The molecular formula is C21H19F3N4OS. The Morgan fingerprint density at radius 2 is 1.97 bits per heavy atom. The number of rotatable bonds is 4. The highest BCUT2D eigenvalue weighted by Crippen LogP contribution is 2.32. The number of nitrogens with two attached hydrogens (primary N) is 1. The molecule has 1 amide bonds. The third-order valence-electron chi connectivity index (χ3n) is 5.01. The fourth-order valence-corrected chi connectivity index (χ4v) is 4.07. The predicted octanol–water partition coefficient (Wildman–Crippen LogP) is 4.62. The molecule has 1 aliphatic rings. The van der Waals surface area contributed by atoms with Gasteiger partial charge in [-0.15, -0.1) is 11.3 Å². The van der Waals surface area contributed by atoms with Gasteiger partial charge >= 0.3 is 6.18 Å². The van der Waals surface area contributed by atoms with Gasteiger partial charge in [0.25, 0.3) is 0 Å². The van der Waals surface area contributed by atoms with Crippen LogP contribution < -0.4 is 11.1 Å². The Morgan fingerprint density at radius 1 is 1.20 bits per heavy atom. The number of amides is 1. The third kappa shape index (κ3) is 4.40. The summed E-state index contributed by atoms with van der Waals surface area (Å²) < 4.78 is 38.3. The van der Waals surface area contributed by atoms with Crippen LogP contribution in [0.15, 0.2) is 47.8 Å². The smallest absolute Gasteiger partial charge is 0.375 e. The number of hydrogen-bond donors (Lipinski definition) is 2. The van der Waals surface area contributed by atoms with Crippen LogP contribution in [0.2, 0.25) is 0 Å². The first-order valence-electron chi connectivity index (χ1n) is 9.32. The van der Waals surface area contributed by atoms with Gasteiger partial charge in [0.15, 0.2) is 5.13 Å². The molecule has 0 aliphatic carbocycles. The van der Waals surface area contributed by atoms with E-state index in [1.54, 1.807) is 10.3 Å². The monoisotopic (exact) mass is 432 g/mol. The Hall–Kier alpha value is -3.07. The molecule has 0 bridgehead atoms. The normalized spacial score (nSPS) is 13.8. The van der Waals surface area contributed by atoms with Gasteiger partial charge in [-0.25, -0.2) is 4.98 Å². The molecule has 0 fully saturated rings. The van der Waals surface area contributed by atoms with E-state index in [2.05, 4.69) is 10.3 Å². The van der Waals surface area contributed by atoms with Crippen molar-refractivity contribution in [2.24, 2.45) is 0 Å². The Bertz CT molecular complexity index is 1060. The number of anilines is 3. The standard InChI is InChI=1S/C21H19F3N4OS/c22-21(23,24)14-4-6-15(7-5-14)26-18-3-1-2-13-11-28(9-8-17(13)18)19(29)10-16-12-30-20(25)27-16/h1-7,12,26H,8-11H2,(H2,25,27). The van der Waals surface area contributed by atoms with Crippen LogP contribution in [0.5, 0.6) is 0 Å². The minimum Gasteiger partial charge on any atom is -0.375 e. The van der Waals surface area contributed by atoms with Crippen molar-refractivity contribution < 1.29 is 18.0 Å². The predicted molar refractivity (Wildman–Crippen MR) is 111 cm³/mol. The summed E-state index contributed by atoms with van der Waals surface area (Å²) >= 11 is 1.31. The number of carbonyl (C=O) groups excluding carboxylic acids is 1. The molecule has 2 aromatic carbocycles. The van der Waals surface area contributed by atoms with Gasteiger partial charge in [0.1, 0.15) is 0 Å². The van der Waals surface area contributed by atoms with Crippen LogP contribution in [0.25, 0.3) is 0 Å². The van der Waals surface area contributed by atoms with E-state index in [1.807, 2.05) is 18.2 Å². The molecule has 2 heterocycles. The first kappa shape index (κ1) is 20.2. The summed E-state index contributed by atoms with van der Waals surface area (Å²) in [5.74, 6) is -0.00736. The lowest BCUT2D eigenvalue weighted by molar-refractivity contribution is -0.137. The van der Waals surface area contributed by atoms with Crippen LogP contribution >= 0.6 is 11.3 Å². The molecule has 5 nitrogen and oxygen atoms in total. The van der Waals surface area contributed by atoms with Gasteiger partial charge in [-0.05, 0) is 47.9 Å². The molecule has 0 spiro atoms. The number of nitrogen functional groups attached to an aromatic ring is 1. The highest BCUT2D eigenvalue weighted by molar-refractivity contribution is 7.13. The molecule has 0 atom stereocenters. The number of nitrogens with one attached hydrogen (secondary N) is 1. The van der Waals surface area contributed by atoms with E-state index in [0.717, 1.165) is 28.9 Å². The number of benzene rings is 2. The minimum atomic E-state index is -4.36. The maximum Gasteiger partial charge on any atom is 0.416 e. The van der Waals surface area contributed by atoms with Gasteiger partial charge in [0.2, 0.25) is 5.91 Å². The van der Waals surface area contributed by atoms with Gasteiger partial charge in [0, 0.05) is 29.8 Å². The lowest BCUT2D eigenvalue weighted by atomic mass is 9.97. The molecule has 3 N–H and O–H groups in total. The number of nitrogens with zero attached hydrogens (tertiary/aromatic N) is 2. The third-order valence-corrected chi connectivity index (χ3v) is 5.73. The molecule has 0 unspecified atom stereocenters. The zero-order chi connectivity index (χ0) is 21.3. The summed E-state index contributed by atoms with van der Waals surface area (Å²) in [5, 5.41) is 5.44. The molecule has 9 heteroatoms. The van der Waals surface area contributed by atoms with E-state index in [9.17, 15) is 18.0 Å². The molecular weight excluding hydrogens is 413 g/mol. The molecule has 1 aromatic heterocycles. The van der Waals surface area contributed by atoms with Crippen LogP contribution in [0, 0.1) is 0 Å². The van der Waals surface area contributed by atoms with E-state index in [-0.39, 0.29) is 12.3 Å². The van der Waals surface area contributed by atoms with Gasteiger partial charge in [-0.2, -0.15) is 13.2 Å². The van der Waals surface area contributed by atoms with Crippen LogP contribution in [-0.2, 0) is 30.4 Å². The number of aromatic nitrogens is 1. The Morgan fingerprint density at radius 3 is 2.63 bits per heavy atom. The Balaban J connectivity index is 1.46. The Labute approximate surface area is 175 Å². The van der Waals surface area contributed by atoms with Crippen LogP contribution in [-0.4, -0.2) is 22.3 Å². The van der Waals surface area contributed by atoms with Gasteiger partial charge in [-0.1, -0.05) is 12.1 Å². The van der Waals surface area contributed by atoms with Crippen molar-refractivity contribution in [2.75, 3.05) is 17.6 Å². The van der Waals surface area contributed by atoms with E-state index in [1.165, 1.54) is 23.5 Å². The number of hydrogen-bond acceptors (Lipinski definition) is 5. The van der Waals surface area contributed by atoms with Crippen molar-refractivity contribution in [2.45, 2.75) is 25.6 Å². The number of carbonyl (C=O) groups is 1. The SMILES string of the molecule is Nc1nc(CC(=O)N2CCc3c(cccc3Nc3ccc(C(F)(F)F)cc3)C2)cs1. The number of thiazole rings is 1. The average Bonchev–Trinajstić information content (AvgIpc) is 3.12. The van der Waals surface area contributed by atoms with Crippen LogP contribution in [0.1, 0.15) is 22.4 Å². The lowest BCUT2D eigenvalue weighted by Crippen LogP contribution is -2.37. The van der Waals surface area contributed by atoms with Gasteiger partial charge < -0.3 is 16.0 Å². The first-order chi connectivity index (χ1) is 14.3. The molecule has 30 heavy (non-hydrogen) atoms. The zero-order valence-electron chi connectivity index (χ0n) is 15.9. The molecule has 1 aliphatic heterocycles. The summed E-state index contributed by atoms with van der Waals surface area (Å²) in [6.07, 6.45) is -3.48. The van der Waals surface area contributed by atoms with Crippen molar-refractivity contribution >= 4 is 33.8 Å². The van der Waals surface area contributed by atoms with Gasteiger partial charge in [-0.3, -0.25) is 4.79 Å². The van der Waals surface area contributed by atoms with Gasteiger partial charge in [0.05, 0.1) is 17.7 Å². The van der Waals surface area contributed by atoms with E-state index in [0.29, 0.717) is 36.0 Å². The molecule has 156 valence electrons. The first-order valence-corrected chi connectivity index (χ1v) is 10.2. The fourth-order valence-electron chi connectivity index (χ4n) is 3.51. The molecule has 0 radical (unpaired) electrons. The highest BCUT2D eigenvalue weighted by Gasteiger charge is 2.30. The summed E-state index contributed by atoms with van der Waals surface area (Å²) in [4.78, 5) is 18.5. The zero-order valence-corrected chi connectivity index (χ0v) is 16.7. The molecule has 0 saturated carbocycles. The Kier molecular flexibility index (Phi) is 5.38. The quantitative estimate of drug-likeness (QED) is 0.631. The average molecular weight is 432 g/mol. The summed E-state index contributed by atoms with van der Waals surface area (Å²) in [5.41, 5.74) is 9.12. The maximum atomic E-state index is 12.8. The molecule has 0 saturated heterocycles. The minimum absolute atomic E-state index is 0.00736. The lowest BCUT2D eigenvalue weighted by Gasteiger charge is -2.30. The van der Waals surface area contributed by atoms with E-state index < -0.39 is 11.7 Å².